The minimum Gasteiger partial charge on any atom is -0.490 e. The Labute approximate surface area is 185 Å². The number of hydrogen-bond donors (Lipinski definition) is 1. The van der Waals surface area contributed by atoms with Gasteiger partial charge in [-0.1, -0.05) is 17.7 Å². The van der Waals surface area contributed by atoms with Crippen molar-refractivity contribution in [1.29, 1.82) is 0 Å². The average Bonchev–Trinajstić information content (AvgIpc) is 3.08. The van der Waals surface area contributed by atoms with Crippen molar-refractivity contribution in [2.75, 3.05) is 44.8 Å². The van der Waals surface area contributed by atoms with Crippen LogP contribution >= 0.6 is 11.6 Å². The number of anilines is 1. The predicted molar refractivity (Wildman–Crippen MR) is 118 cm³/mol. The largest absolute Gasteiger partial charge is 0.490 e. The number of halogens is 1. The van der Waals surface area contributed by atoms with Gasteiger partial charge in [-0.05, 0) is 48.9 Å². The Morgan fingerprint density at radius 2 is 1.97 bits per heavy atom. The number of nitrogens with one attached hydrogen (secondary N) is 1. The van der Waals surface area contributed by atoms with Crippen molar-refractivity contribution in [3.05, 3.63) is 52.5 Å². The molecule has 2 heterocycles. The molecule has 0 saturated carbocycles. The van der Waals surface area contributed by atoms with Gasteiger partial charge < -0.3 is 24.4 Å². The first-order chi connectivity index (χ1) is 15.0. The van der Waals surface area contributed by atoms with Crippen molar-refractivity contribution in [3.63, 3.8) is 0 Å². The van der Waals surface area contributed by atoms with Crippen LogP contribution in [-0.4, -0.2) is 56.2 Å². The van der Waals surface area contributed by atoms with Crippen molar-refractivity contribution >= 4 is 40.8 Å². The molecule has 0 radical (unpaired) electrons. The molecule has 1 fully saturated rings. The fourth-order valence-electron chi connectivity index (χ4n) is 3.52. The monoisotopic (exact) mass is 442 g/mol. The highest BCUT2D eigenvalue weighted by molar-refractivity contribution is 6.36. The fourth-order valence-corrected chi connectivity index (χ4v) is 3.69. The minimum atomic E-state index is -0.188. The highest BCUT2D eigenvalue weighted by Crippen LogP contribution is 2.36. The maximum atomic E-state index is 12.4. The summed E-state index contributed by atoms with van der Waals surface area (Å²) < 4.78 is 16.7. The van der Waals surface area contributed by atoms with E-state index in [-0.39, 0.29) is 18.4 Å². The van der Waals surface area contributed by atoms with E-state index in [2.05, 4.69) is 5.32 Å². The van der Waals surface area contributed by atoms with E-state index in [1.165, 1.54) is 0 Å². The molecule has 162 valence electrons. The molecule has 7 nitrogen and oxygen atoms in total. The molecule has 0 atom stereocenters. The molecule has 4 rings (SSSR count). The maximum Gasteiger partial charge on any atom is 0.260 e. The van der Waals surface area contributed by atoms with E-state index < -0.39 is 0 Å². The van der Waals surface area contributed by atoms with E-state index in [0.29, 0.717) is 55.0 Å². The SMILES string of the molecule is CCOc1cc(C=C2C(=O)Nc3ccc(Cl)cc32)ccc1OCC(=O)N1CCOCC1. The molecule has 0 unspecified atom stereocenters. The van der Waals surface area contributed by atoms with Crippen molar-refractivity contribution in [2.45, 2.75) is 6.92 Å². The summed E-state index contributed by atoms with van der Waals surface area (Å²) in [6.45, 7) is 4.46. The molecule has 0 bridgehead atoms. The lowest BCUT2D eigenvalue weighted by Gasteiger charge is -2.26. The molecule has 2 amide bonds. The fraction of sp³-hybridized carbons (Fsp3) is 0.304. The second-order valence-electron chi connectivity index (χ2n) is 7.12. The average molecular weight is 443 g/mol. The maximum absolute atomic E-state index is 12.4. The summed E-state index contributed by atoms with van der Waals surface area (Å²) in [5.41, 5.74) is 2.78. The quantitative estimate of drug-likeness (QED) is 0.693. The van der Waals surface area contributed by atoms with E-state index >= 15 is 0 Å². The van der Waals surface area contributed by atoms with Crippen molar-refractivity contribution in [1.82, 2.24) is 4.90 Å². The number of fused-ring (bicyclic) bond motifs is 1. The molecule has 0 aromatic heterocycles. The Morgan fingerprint density at radius 3 is 2.74 bits per heavy atom. The van der Waals surface area contributed by atoms with Gasteiger partial charge in [0.2, 0.25) is 0 Å². The van der Waals surface area contributed by atoms with E-state index in [0.717, 1.165) is 16.8 Å². The summed E-state index contributed by atoms with van der Waals surface area (Å²) in [6, 6.07) is 10.6. The molecule has 2 aromatic rings. The van der Waals surface area contributed by atoms with E-state index in [1.807, 2.05) is 13.0 Å². The molecule has 0 spiro atoms. The third-order valence-electron chi connectivity index (χ3n) is 5.06. The van der Waals surface area contributed by atoms with Crippen molar-refractivity contribution in [3.8, 4) is 11.5 Å². The molecule has 31 heavy (non-hydrogen) atoms. The summed E-state index contributed by atoms with van der Waals surface area (Å²) in [4.78, 5) is 26.5. The van der Waals surface area contributed by atoms with Gasteiger partial charge in [-0.25, -0.2) is 0 Å². The van der Waals surface area contributed by atoms with Crippen LogP contribution in [0, 0.1) is 0 Å². The number of benzene rings is 2. The van der Waals surface area contributed by atoms with Gasteiger partial charge >= 0.3 is 0 Å². The number of morpholine rings is 1. The third kappa shape index (κ3) is 4.84. The summed E-state index contributed by atoms with van der Waals surface area (Å²) in [6.07, 6.45) is 1.78. The zero-order valence-electron chi connectivity index (χ0n) is 17.2. The summed E-state index contributed by atoms with van der Waals surface area (Å²) in [5, 5.41) is 3.40. The molecule has 8 heteroatoms. The second-order valence-corrected chi connectivity index (χ2v) is 7.56. The molecule has 2 aliphatic heterocycles. The molecule has 2 aromatic carbocycles. The van der Waals surface area contributed by atoms with Crippen LogP contribution < -0.4 is 14.8 Å². The summed E-state index contributed by atoms with van der Waals surface area (Å²) in [7, 11) is 0. The molecule has 0 aliphatic carbocycles. The van der Waals surface area contributed by atoms with Crippen LogP contribution in [0.15, 0.2) is 36.4 Å². The van der Waals surface area contributed by atoms with E-state index in [9.17, 15) is 9.59 Å². The van der Waals surface area contributed by atoms with Crippen LogP contribution in [-0.2, 0) is 14.3 Å². The Balaban J connectivity index is 1.54. The number of ether oxygens (including phenoxy) is 3. The zero-order chi connectivity index (χ0) is 21.8. The number of nitrogens with zero attached hydrogens (tertiary/aromatic N) is 1. The van der Waals surface area contributed by atoms with Crippen molar-refractivity contribution < 1.29 is 23.8 Å². The molecular formula is C23H23ClN2O5. The number of amides is 2. The first kappa shape index (κ1) is 21.2. The molecule has 1 N–H and O–H groups in total. The van der Waals surface area contributed by atoms with E-state index in [1.54, 1.807) is 41.3 Å². The van der Waals surface area contributed by atoms with E-state index in [4.69, 9.17) is 25.8 Å². The van der Waals surface area contributed by atoms with Gasteiger partial charge in [0.05, 0.1) is 19.8 Å². The predicted octanol–water partition coefficient (Wildman–Crippen LogP) is 3.47. The Bertz CT molecular complexity index is 1030. The number of hydrogen-bond acceptors (Lipinski definition) is 5. The van der Waals surface area contributed by atoms with Gasteiger partial charge in [0.1, 0.15) is 0 Å². The Morgan fingerprint density at radius 1 is 1.16 bits per heavy atom. The van der Waals surface area contributed by atoms with Gasteiger partial charge in [-0.3, -0.25) is 9.59 Å². The van der Waals surface area contributed by atoms with Crippen LogP contribution in [0.3, 0.4) is 0 Å². The number of carbonyl (C=O) groups is 2. The number of carbonyl (C=O) groups excluding carboxylic acids is 2. The Hall–Kier alpha value is -3.03. The van der Waals surface area contributed by atoms with Crippen molar-refractivity contribution in [2.24, 2.45) is 0 Å². The lowest BCUT2D eigenvalue weighted by molar-refractivity contribution is -0.137. The summed E-state index contributed by atoms with van der Waals surface area (Å²) >= 11 is 6.10. The number of rotatable bonds is 6. The topological polar surface area (TPSA) is 77.1 Å². The molecule has 1 saturated heterocycles. The second kappa shape index (κ2) is 9.41. The highest BCUT2D eigenvalue weighted by Gasteiger charge is 2.24. The lowest BCUT2D eigenvalue weighted by Crippen LogP contribution is -2.43. The van der Waals surface area contributed by atoms with Crippen LogP contribution in [0.5, 0.6) is 11.5 Å². The first-order valence-corrected chi connectivity index (χ1v) is 10.5. The summed E-state index contributed by atoms with van der Waals surface area (Å²) in [5.74, 6) is 0.709. The van der Waals surface area contributed by atoms with Crippen LogP contribution in [0.4, 0.5) is 5.69 Å². The van der Waals surface area contributed by atoms with Gasteiger partial charge in [-0.15, -0.1) is 0 Å². The molecule has 2 aliphatic rings. The normalized spacial score (nSPS) is 16.8. The lowest BCUT2D eigenvalue weighted by atomic mass is 10.0. The van der Waals surface area contributed by atoms with Gasteiger partial charge in [-0.2, -0.15) is 0 Å². The van der Waals surface area contributed by atoms with Crippen LogP contribution in [0.2, 0.25) is 5.02 Å². The first-order valence-electron chi connectivity index (χ1n) is 10.1. The molecular weight excluding hydrogens is 420 g/mol. The van der Waals surface area contributed by atoms with Gasteiger partial charge in [0.25, 0.3) is 11.8 Å². The standard InChI is InChI=1S/C23H23ClN2O5/c1-2-30-21-12-15(11-18-17-13-16(24)4-5-19(17)25-23(18)28)3-6-20(21)31-14-22(27)26-7-9-29-10-8-26/h3-6,11-13H,2,7-10,14H2,1H3,(H,25,28). The third-order valence-corrected chi connectivity index (χ3v) is 5.29. The Kier molecular flexibility index (Phi) is 6.44. The van der Waals surface area contributed by atoms with Crippen LogP contribution in [0.1, 0.15) is 18.1 Å². The van der Waals surface area contributed by atoms with Gasteiger partial charge in [0.15, 0.2) is 18.1 Å². The minimum absolute atomic E-state index is 0.0746. The van der Waals surface area contributed by atoms with Crippen LogP contribution in [0.25, 0.3) is 11.6 Å². The zero-order valence-corrected chi connectivity index (χ0v) is 17.9. The smallest absolute Gasteiger partial charge is 0.260 e. The highest BCUT2D eigenvalue weighted by atomic mass is 35.5. The van der Waals surface area contributed by atoms with Gasteiger partial charge in [0, 0.05) is 34.9 Å².